The lowest BCUT2D eigenvalue weighted by atomic mass is 10.2. The summed E-state index contributed by atoms with van der Waals surface area (Å²) in [5.74, 6) is -0.178. The topological polar surface area (TPSA) is 81.1 Å². The van der Waals surface area contributed by atoms with Gasteiger partial charge in [-0.25, -0.2) is 8.42 Å². The van der Waals surface area contributed by atoms with Crippen LogP contribution in [0.3, 0.4) is 0 Å². The minimum Gasteiger partial charge on any atom is -0.321 e. The van der Waals surface area contributed by atoms with E-state index in [0.717, 1.165) is 10.6 Å². The maximum absolute atomic E-state index is 12.7. The first-order valence-electron chi connectivity index (χ1n) is 8.32. The summed E-state index contributed by atoms with van der Waals surface area (Å²) in [5.41, 5.74) is 1.56. The van der Waals surface area contributed by atoms with E-state index in [9.17, 15) is 13.2 Å². The predicted molar refractivity (Wildman–Crippen MR) is 107 cm³/mol. The van der Waals surface area contributed by atoms with Crippen molar-refractivity contribution in [2.75, 3.05) is 16.8 Å². The van der Waals surface area contributed by atoms with Gasteiger partial charge in [0.15, 0.2) is 15.5 Å². The fourth-order valence-electron chi connectivity index (χ4n) is 3.12. The molecule has 1 aliphatic rings. The molecule has 140 valence electrons. The number of rotatable bonds is 4. The molecule has 0 unspecified atom stereocenters. The highest BCUT2D eigenvalue weighted by molar-refractivity contribution is 7.91. The number of hydrogen-bond donors (Lipinski definition) is 1. The van der Waals surface area contributed by atoms with Gasteiger partial charge in [0.25, 0.3) is 5.91 Å². The second kappa shape index (κ2) is 7.10. The molecule has 1 N–H and O–H groups in total. The van der Waals surface area contributed by atoms with Gasteiger partial charge >= 0.3 is 0 Å². The normalized spacial score (nSPS) is 18.5. The second-order valence-electron chi connectivity index (χ2n) is 6.36. The third-order valence-corrected chi connectivity index (χ3v) is 7.26. The number of nitrogens with one attached hydrogen (secondary N) is 1. The molecule has 1 atom stereocenters. The Bertz CT molecular complexity index is 1090. The van der Waals surface area contributed by atoms with Crippen LogP contribution in [0.4, 0.5) is 5.69 Å². The van der Waals surface area contributed by atoms with E-state index in [2.05, 4.69) is 10.4 Å². The van der Waals surface area contributed by atoms with Crippen LogP contribution in [0.25, 0.3) is 10.6 Å². The Hall–Kier alpha value is -2.16. The van der Waals surface area contributed by atoms with E-state index in [-0.39, 0.29) is 29.1 Å². The molecule has 4 rings (SSSR count). The van der Waals surface area contributed by atoms with Crippen molar-refractivity contribution in [1.29, 1.82) is 0 Å². The largest absolute Gasteiger partial charge is 0.321 e. The van der Waals surface area contributed by atoms with Crippen molar-refractivity contribution in [2.24, 2.45) is 0 Å². The van der Waals surface area contributed by atoms with Gasteiger partial charge in [0, 0.05) is 10.7 Å². The zero-order valence-corrected chi connectivity index (χ0v) is 16.5. The number of thiophene rings is 1. The molecule has 1 fully saturated rings. The van der Waals surface area contributed by atoms with Gasteiger partial charge in [-0.3, -0.25) is 9.48 Å². The number of benzene rings is 1. The smallest absolute Gasteiger partial charge is 0.276 e. The minimum absolute atomic E-state index is 0.0441. The number of halogens is 1. The molecule has 1 aliphatic heterocycles. The van der Waals surface area contributed by atoms with Crippen molar-refractivity contribution >= 4 is 44.4 Å². The van der Waals surface area contributed by atoms with Crippen molar-refractivity contribution in [1.82, 2.24) is 9.78 Å². The second-order valence-corrected chi connectivity index (χ2v) is 9.97. The number of carbonyl (C=O) groups excluding carboxylic acids is 1. The summed E-state index contributed by atoms with van der Waals surface area (Å²) < 4.78 is 25.5. The molecule has 0 spiro atoms. The first kappa shape index (κ1) is 18.2. The molecule has 1 amide bonds. The molecule has 1 aromatic carbocycles. The molecule has 27 heavy (non-hydrogen) atoms. The number of nitrogens with zero attached hydrogens (tertiary/aromatic N) is 2. The van der Waals surface area contributed by atoms with Crippen LogP contribution in [-0.2, 0) is 9.84 Å². The highest BCUT2D eigenvalue weighted by Crippen LogP contribution is 2.32. The van der Waals surface area contributed by atoms with E-state index in [0.29, 0.717) is 17.1 Å². The zero-order valence-electron chi connectivity index (χ0n) is 14.1. The summed E-state index contributed by atoms with van der Waals surface area (Å²) in [5, 5.41) is 9.68. The fourth-order valence-corrected chi connectivity index (χ4v) is 5.74. The maximum Gasteiger partial charge on any atom is 0.276 e. The summed E-state index contributed by atoms with van der Waals surface area (Å²) in [7, 11) is -3.07. The van der Waals surface area contributed by atoms with Crippen LogP contribution in [0.15, 0.2) is 47.8 Å². The first-order chi connectivity index (χ1) is 12.9. The van der Waals surface area contributed by atoms with E-state index < -0.39 is 9.84 Å². The zero-order chi connectivity index (χ0) is 19.0. The van der Waals surface area contributed by atoms with Crippen molar-refractivity contribution < 1.29 is 13.2 Å². The number of sulfone groups is 1. The Balaban J connectivity index is 1.68. The predicted octanol–water partition coefficient (Wildman–Crippen LogP) is 3.88. The van der Waals surface area contributed by atoms with Crippen molar-refractivity contribution in [3.8, 4) is 10.6 Å². The first-order valence-corrected chi connectivity index (χ1v) is 11.4. The Labute approximate surface area is 165 Å². The van der Waals surface area contributed by atoms with Gasteiger partial charge in [-0.1, -0.05) is 23.7 Å². The SMILES string of the molecule is O=C(Nc1cccc(Cl)c1)c1cc(-c2cccs2)n([C@H]2CCS(=O)(=O)C2)n1. The number of carbonyl (C=O) groups is 1. The third kappa shape index (κ3) is 3.92. The van der Waals surface area contributed by atoms with Crippen LogP contribution in [0, 0.1) is 0 Å². The van der Waals surface area contributed by atoms with E-state index >= 15 is 0 Å². The van der Waals surface area contributed by atoms with E-state index in [1.807, 2.05) is 17.5 Å². The number of hydrogen-bond acceptors (Lipinski definition) is 5. The lowest BCUT2D eigenvalue weighted by Gasteiger charge is -2.12. The van der Waals surface area contributed by atoms with Gasteiger partial charge in [-0.2, -0.15) is 5.10 Å². The molecule has 2 aromatic heterocycles. The molecular weight excluding hydrogens is 406 g/mol. The molecule has 0 radical (unpaired) electrons. The van der Waals surface area contributed by atoms with Gasteiger partial charge in [0.05, 0.1) is 28.1 Å². The number of amides is 1. The van der Waals surface area contributed by atoms with Crippen LogP contribution >= 0.6 is 22.9 Å². The Morgan fingerprint density at radius 2 is 2.11 bits per heavy atom. The van der Waals surface area contributed by atoms with E-state index in [1.54, 1.807) is 35.0 Å². The van der Waals surface area contributed by atoms with Gasteiger partial charge in [-0.15, -0.1) is 11.3 Å². The van der Waals surface area contributed by atoms with Crippen LogP contribution in [-0.4, -0.2) is 35.6 Å². The average Bonchev–Trinajstić information content (AvgIpc) is 3.32. The van der Waals surface area contributed by atoms with Crippen LogP contribution in [0.5, 0.6) is 0 Å². The molecule has 3 heterocycles. The van der Waals surface area contributed by atoms with Gasteiger partial charge in [0.2, 0.25) is 0 Å². The van der Waals surface area contributed by atoms with Crippen molar-refractivity contribution in [3.63, 3.8) is 0 Å². The lowest BCUT2D eigenvalue weighted by molar-refractivity contribution is 0.102. The molecule has 0 bridgehead atoms. The molecule has 0 aliphatic carbocycles. The van der Waals surface area contributed by atoms with E-state index in [1.165, 1.54) is 11.3 Å². The standard InChI is InChI=1S/C18H16ClN3O3S2/c19-12-3-1-4-13(9-12)20-18(23)15-10-16(17-5-2-7-26-17)22(21-15)14-6-8-27(24,25)11-14/h1-5,7,9-10,14H,6,8,11H2,(H,20,23)/t14-/m0/s1. The third-order valence-electron chi connectivity index (χ3n) is 4.38. The number of anilines is 1. The summed E-state index contributed by atoms with van der Waals surface area (Å²) in [6.45, 7) is 0. The average molecular weight is 422 g/mol. The monoisotopic (exact) mass is 421 g/mol. The molecular formula is C18H16ClN3O3S2. The molecule has 1 saturated heterocycles. The Kier molecular flexibility index (Phi) is 4.79. The summed E-state index contributed by atoms with van der Waals surface area (Å²) in [6.07, 6.45) is 0.498. The Morgan fingerprint density at radius 3 is 2.78 bits per heavy atom. The van der Waals surface area contributed by atoms with Gasteiger partial charge < -0.3 is 5.32 Å². The summed E-state index contributed by atoms with van der Waals surface area (Å²) in [4.78, 5) is 13.6. The number of aromatic nitrogens is 2. The van der Waals surface area contributed by atoms with Crippen molar-refractivity contribution in [2.45, 2.75) is 12.5 Å². The molecule has 9 heteroatoms. The highest BCUT2D eigenvalue weighted by atomic mass is 35.5. The van der Waals surface area contributed by atoms with Crippen LogP contribution < -0.4 is 5.32 Å². The minimum atomic E-state index is -3.07. The quantitative estimate of drug-likeness (QED) is 0.693. The summed E-state index contributed by atoms with van der Waals surface area (Å²) in [6, 6.07) is 12.1. The van der Waals surface area contributed by atoms with Gasteiger partial charge in [-0.05, 0) is 42.1 Å². The fraction of sp³-hybridized carbons (Fsp3) is 0.222. The van der Waals surface area contributed by atoms with Crippen LogP contribution in [0.2, 0.25) is 5.02 Å². The highest BCUT2D eigenvalue weighted by Gasteiger charge is 2.32. The van der Waals surface area contributed by atoms with Crippen LogP contribution in [0.1, 0.15) is 23.0 Å². The molecule has 3 aromatic rings. The summed E-state index contributed by atoms with van der Waals surface area (Å²) >= 11 is 7.48. The van der Waals surface area contributed by atoms with Crippen molar-refractivity contribution in [3.05, 3.63) is 58.6 Å². The van der Waals surface area contributed by atoms with E-state index in [4.69, 9.17) is 11.6 Å². The molecule has 6 nitrogen and oxygen atoms in total. The lowest BCUT2D eigenvalue weighted by Crippen LogP contribution is -2.16. The van der Waals surface area contributed by atoms with Gasteiger partial charge in [0.1, 0.15) is 0 Å². The molecule has 0 saturated carbocycles. The maximum atomic E-state index is 12.7. The Morgan fingerprint density at radius 1 is 1.26 bits per heavy atom.